The SMILES string of the molecule is COc1ccc(C(=O)NC[C@H](c2ccc(N(C)C)cc2)N(C)C)cc1. The average molecular weight is 341 g/mol. The van der Waals surface area contributed by atoms with Crippen LogP contribution in [0.25, 0.3) is 0 Å². The van der Waals surface area contributed by atoms with Crippen molar-refractivity contribution in [1.82, 2.24) is 10.2 Å². The summed E-state index contributed by atoms with van der Waals surface area (Å²) in [7, 11) is 9.69. The van der Waals surface area contributed by atoms with E-state index < -0.39 is 0 Å². The lowest BCUT2D eigenvalue weighted by atomic mass is 10.0. The number of rotatable bonds is 7. The molecule has 0 spiro atoms. The minimum Gasteiger partial charge on any atom is -0.497 e. The summed E-state index contributed by atoms with van der Waals surface area (Å²) in [5.41, 5.74) is 2.95. The summed E-state index contributed by atoms with van der Waals surface area (Å²) in [6.45, 7) is 0.541. The van der Waals surface area contributed by atoms with E-state index in [1.165, 1.54) is 5.56 Å². The quantitative estimate of drug-likeness (QED) is 0.841. The second-order valence-corrected chi connectivity index (χ2v) is 6.40. The molecule has 0 bridgehead atoms. The molecule has 0 heterocycles. The van der Waals surface area contributed by atoms with Gasteiger partial charge in [-0.15, -0.1) is 0 Å². The van der Waals surface area contributed by atoms with Crippen molar-refractivity contribution in [3.63, 3.8) is 0 Å². The highest BCUT2D eigenvalue weighted by molar-refractivity contribution is 5.94. The first-order valence-electron chi connectivity index (χ1n) is 8.28. The Morgan fingerprint density at radius 1 is 1.00 bits per heavy atom. The largest absolute Gasteiger partial charge is 0.497 e. The van der Waals surface area contributed by atoms with Gasteiger partial charge in [0, 0.05) is 31.9 Å². The smallest absolute Gasteiger partial charge is 0.251 e. The summed E-state index contributed by atoms with van der Waals surface area (Å²) in [5.74, 6) is 0.656. The van der Waals surface area contributed by atoms with E-state index >= 15 is 0 Å². The van der Waals surface area contributed by atoms with Crippen molar-refractivity contribution in [2.24, 2.45) is 0 Å². The Kier molecular flexibility index (Phi) is 6.42. The van der Waals surface area contributed by atoms with Crippen LogP contribution in [0.4, 0.5) is 5.69 Å². The number of methoxy groups -OCH3 is 1. The van der Waals surface area contributed by atoms with Crippen LogP contribution in [0, 0.1) is 0 Å². The lowest BCUT2D eigenvalue weighted by molar-refractivity contribution is 0.0942. The molecule has 0 aliphatic heterocycles. The van der Waals surface area contributed by atoms with Crippen LogP contribution in [0.5, 0.6) is 5.75 Å². The van der Waals surface area contributed by atoms with Gasteiger partial charge < -0.3 is 19.9 Å². The van der Waals surface area contributed by atoms with Crippen molar-refractivity contribution in [3.05, 3.63) is 59.7 Å². The summed E-state index contributed by atoms with van der Waals surface area (Å²) in [5, 5.41) is 3.02. The number of anilines is 1. The summed E-state index contributed by atoms with van der Waals surface area (Å²) in [6.07, 6.45) is 0. The molecule has 0 aromatic heterocycles. The molecule has 5 nitrogen and oxygen atoms in total. The molecule has 0 aliphatic carbocycles. The zero-order valence-electron chi connectivity index (χ0n) is 15.6. The molecule has 0 radical (unpaired) electrons. The number of amides is 1. The fourth-order valence-electron chi connectivity index (χ4n) is 2.63. The molecule has 2 aromatic rings. The monoisotopic (exact) mass is 341 g/mol. The van der Waals surface area contributed by atoms with Crippen LogP contribution in [0.2, 0.25) is 0 Å². The maximum Gasteiger partial charge on any atom is 0.251 e. The van der Waals surface area contributed by atoms with Gasteiger partial charge in [-0.05, 0) is 56.1 Å². The molecule has 0 saturated carbocycles. The Balaban J connectivity index is 2.04. The maximum absolute atomic E-state index is 12.4. The third-order valence-electron chi connectivity index (χ3n) is 4.23. The molecule has 134 valence electrons. The second-order valence-electron chi connectivity index (χ2n) is 6.40. The third-order valence-corrected chi connectivity index (χ3v) is 4.23. The van der Waals surface area contributed by atoms with Crippen LogP contribution in [0.1, 0.15) is 22.0 Å². The first-order chi connectivity index (χ1) is 11.9. The molecule has 0 saturated heterocycles. The van der Waals surface area contributed by atoms with Crippen LogP contribution < -0.4 is 15.0 Å². The van der Waals surface area contributed by atoms with Gasteiger partial charge in [0.25, 0.3) is 5.91 Å². The lowest BCUT2D eigenvalue weighted by Gasteiger charge is -2.26. The van der Waals surface area contributed by atoms with Gasteiger partial charge >= 0.3 is 0 Å². The zero-order valence-corrected chi connectivity index (χ0v) is 15.6. The Morgan fingerprint density at radius 3 is 2.08 bits per heavy atom. The van der Waals surface area contributed by atoms with Gasteiger partial charge in [0.15, 0.2) is 0 Å². The fourth-order valence-corrected chi connectivity index (χ4v) is 2.63. The summed E-state index contributed by atoms with van der Waals surface area (Å²) < 4.78 is 5.12. The number of carbonyl (C=O) groups is 1. The van der Waals surface area contributed by atoms with Crippen molar-refractivity contribution in [3.8, 4) is 5.75 Å². The van der Waals surface area contributed by atoms with Crippen LogP contribution in [-0.2, 0) is 0 Å². The molecule has 2 rings (SSSR count). The molecule has 5 heteroatoms. The highest BCUT2D eigenvalue weighted by Crippen LogP contribution is 2.21. The molecule has 0 aliphatic rings. The van der Waals surface area contributed by atoms with Crippen LogP contribution in [0.3, 0.4) is 0 Å². The Hall–Kier alpha value is -2.53. The third kappa shape index (κ3) is 4.97. The normalized spacial score (nSPS) is 11.9. The molecule has 2 aromatic carbocycles. The van der Waals surface area contributed by atoms with E-state index in [-0.39, 0.29) is 11.9 Å². The molecular formula is C20H27N3O2. The lowest BCUT2D eigenvalue weighted by Crippen LogP contribution is -2.34. The molecule has 1 amide bonds. The zero-order chi connectivity index (χ0) is 18.4. The van der Waals surface area contributed by atoms with Crippen molar-refractivity contribution in [2.45, 2.75) is 6.04 Å². The molecule has 0 unspecified atom stereocenters. The summed E-state index contributed by atoms with van der Waals surface area (Å²) >= 11 is 0. The predicted molar refractivity (Wildman–Crippen MR) is 103 cm³/mol. The number of benzene rings is 2. The Bertz CT molecular complexity index is 679. The Labute approximate surface area is 150 Å². The van der Waals surface area contributed by atoms with Crippen molar-refractivity contribution < 1.29 is 9.53 Å². The van der Waals surface area contributed by atoms with E-state index in [9.17, 15) is 4.79 Å². The van der Waals surface area contributed by atoms with E-state index in [2.05, 4.69) is 39.4 Å². The van der Waals surface area contributed by atoms with E-state index in [0.717, 1.165) is 11.4 Å². The van der Waals surface area contributed by atoms with Crippen molar-refractivity contribution in [1.29, 1.82) is 0 Å². The van der Waals surface area contributed by atoms with Crippen molar-refractivity contribution in [2.75, 3.05) is 46.7 Å². The molecule has 25 heavy (non-hydrogen) atoms. The van der Waals surface area contributed by atoms with Gasteiger partial charge in [-0.2, -0.15) is 0 Å². The Morgan fingerprint density at radius 2 is 1.60 bits per heavy atom. The van der Waals surface area contributed by atoms with Crippen LogP contribution in [0.15, 0.2) is 48.5 Å². The fraction of sp³-hybridized carbons (Fsp3) is 0.350. The highest BCUT2D eigenvalue weighted by Gasteiger charge is 2.16. The maximum atomic E-state index is 12.4. The van der Waals surface area contributed by atoms with E-state index in [0.29, 0.717) is 12.1 Å². The van der Waals surface area contributed by atoms with E-state index in [1.54, 1.807) is 31.4 Å². The van der Waals surface area contributed by atoms with Gasteiger partial charge in [0.05, 0.1) is 13.2 Å². The van der Waals surface area contributed by atoms with Gasteiger partial charge in [0.2, 0.25) is 0 Å². The van der Waals surface area contributed by atoms with E-state index in [1.807, 2.05) is 28.2 Å². The van der Waals surface area contributed by atoms with Gasteiger partial charge in [0.1, 0.15) is 5.75 Å². The average Bonchev–Trinajstić information content (AvgIpc) is 2.62. The number of hydrogen-bond donors (Lipinski definition) is 1. The molecule has 1 atom stereocenters. The van der Waals surface area contributed by atoms with Crippen molar-refractivity contribution >= 4 is 11.6 Å². The topological polar surface area (TPSA) is 44.8 Å². The van der Waals surface area contributed by atoms with E-state index in [4.69, 9.17) is 4.74 Å². The molecule has 0 fully saturated rings. The van der Waals surface area contributed by atoms with Crippen LogP contribution >= 0.6 is 0 Å². The second kappa shape index (κ2) is 8.53. The number of carbonyl (C=O) groups excluding carboxylic acids is 1. The standard InChI is InChI=1S/C20H27N3O2/c1-22(2)17-10-6-15(7-11-17)19(23(3)4)14-21-20(24)16-8-12-18(25-5)13-9-16/h6-13,19H,14H2,1-5H3,(H,21,24)/t19-/m1/s1. The first-order valence-corrected chi connectivity index (χ1v) is 8.28. The van der Waals surface area contributed by atoms with Gasteiger partial charge in [-0.3, -0.25) is 4.79 Å². The highest BCUT2D eigenvalue weighted by atomic mass is 16.5. The van der Waals surface area contributed by atoms with Crippen LogP contribution in [-0.4, -0.2) is 52.7 Å². The predicted octanol–water partition coefficient (Wildman–Crippen LogP) is 2.79. The number of hydrogen-bond acceptors (Lipinski definition) is 4. The molecular weight excluding hydrogens is 314 g/mol. The number of nitrogens with zero attached hydrogens (tertiary/aromatic N) is 2. The molecule has 1 N–H and O–H groups in total. The number of likely N-dealkylation sites (N-methyl/N-ethyl adjacent to an activating group) is 1. The minimum atomic E-state index is -0.0839. The number of nitrogens with one attached hydrogen (secondary N) is 1. The number of ether oxygens (including phenoxy) is 1. The first kappa shape index (κ1) is 18.8. The minimum absolute atomic E-state index is 0.0839. The summed E-state index contributed by atoms with van der Waals surface area (Å²) in [4.78, 5) is 16.5. The summed E-state index contributed by atoms with van der Waals surface area (Å²) in [6, 6.07) is 15.6. The van der Waals surface area contributed by atoms with Gasteiger partial charge in [-0.1, -0.05) is 12.1 Å². The van der Waals surface area contributed by atoms with Gasteiger partial charge in [-0.25, -0.2) is 0 Å².